The summed E-state index contributed by atoms with van der Waals surface area (Å²) in [7, 11) is 0. The van der Waals surface area contributed by atoms with Crippen molar-refractivity contribution in [2.24, 2.45) is 4.99 Å². The molecule has 0 unspecified atom stereocenters. The molecule has 3 heterocycles. The van der Waals surface area contributed by atoms with Gasteiger partial charge in [-0.25, -0.2) is 15.0 Å². The molecule has 0 radical (unpaired) electrons. The zero-order chi connectivity index (χ0) is 44.9. The molecular weight excluding hydrogens is 813 g/mol. The van der Waals surface area contributed by atoms with Crippen LogP contribution in [0.4, 0.5) is 0 Å². The molecule has 0 N–H and O–H groups in total. The highest BCUT2D eigenvalue weighted by atomic mass is 14.9. The average Bonchev–Trinajstić information content (AvgIpc) is 3.40. The third-order valence-corrected chi connectivity index (χ3v) is 12.3. The number of hydrogen-bond donors (Lipinski definition) is 0. The first-order valence-corrected chi connectivity index (χ1v) is 22.6. The van der Waals surface area contributed by atoms with E-state index in [1.54, 1.807) is 0 Å². The Bertz CT molecular complexity index is 3580. The van der Waals surface area contributed by atoms with Crippen LogP contribution < -0.4 is 0 Å². The van der Waals surface area contributed by atoms with Crippen LogP contribution in [0.5, 0.6) is 0 Å². The smallest absolute Gasteiger partial charge is 0.160 e. The minimum Gasteiger partial charge on any atom is -0.281 e. The number of pyridine rings is 1. The predicted octanol–water partition coefficient (Wildman–Crippen LogP) is 15.9. The van der Waals surface area contributed by atoms with Gasteiger partial charge in [0.25, 0.3) is 0 Å². The number of hydrogen-bond acceptors (Lipinski definition) is 4. The molecule has 67 heavy (non-hydrogen) atoms. The normalized spacial score (nSPS) is 14.9. The van der Waals surface area contributed by atoms with Gasteiger partial charge in [-0.05, 0) is 92.6 Å². The summed E-state index contributed by atoms with van der Waals surface area (Å²) < 4.78 is 0. The third kappa shape index (κ3) is 8.72. The molecule has 0 amide bonds. The Morgan fingerprint density at radius 2 is 1.00 bits per heavy atom. The lowest BCUT2D eigenvalue weighted by Gasteiger charge is -2.17. The Balaban J connectivity index is 1.11. The molecule has 11 rings (SSSR count). The van der Waals surface area contributed by atoms with Crippen molar-refractivity contribution in [2.45, 2.75) is 0 Å². The van der Waals surface area contributed by atoms with E-state index in [-0.39, 0.29) is 0 Å². The van der Waals surface area contributed by atoms with E-state index < -0.39 is 0 Å². The number of para-hydroxylation sites is 1. The highest BCUT2D eigenvalue weighted by Crippen LogP contribution is 2.41. The number of fused-ring (bicyclic) bond motifs is 2. The maximum absolute atomic E-state index is 5.51. The molecule has 0 fully saturated rings. The summed E-state index contributed by atoms with van der Waals surface area (Å²) in [6.07, 6.45) is 12.1. The van der Waals surface area contributed by atoms with E-state index in [1.807, 2.05) is 48.6 Å². The van der Waals surface area contributed by atoms with Gasteiger partial charge in [0.1, 0.15) is 0 Å². The fraction of sp³-hybridized carbons (Fsp3) is 0.0159. The summed E-state index contributed by atoms with van der Waals surface area (Å²) in [5.74, 6) is 0.637. The summed E-state index contributed by atoms with van der Waals surface area (Å²) in [5.41, 5.74) is 18.2. The first kappa shape index (κ1) is 40.9. The van der Waals surface area contributed by atoms with Crippen molar-refractivity contribution in [3.8, 4) is 78.4 Å². The fourth-order valence-electron chi connectivity index (χ4n) is 8.74. The lowest BCUT2D eigenvalue weighted by Crippen LogP contribution is -2.00. The SMILES string of the molecule is C=C1/C=C\C=C/C/N=C(c2ccc(-c3nc(-c4ccc(-c5ccc6ccccc6n5)cc4)c4cc(-c5cccc(-c6ccccc6)c5)cc(-c5cccc(-c6ccccc6)c5)c4n3)cc2)\C=C/1. The van der Waals surface area contributed by atoms with Crippen LogP contribution in [0.2, 0.25) is 0 Å². The van der Waals surface area contributed by atoms with Crippen molar-refractivity contribution in [3.63, 3.8) is 0 Å². The number of allylic oxidation sites excluding steroid dienone is 6. The quantitative estimate of drug-likeness (QED) is 0.153. The largest absolute Gasteiger partial charge is 0.281 e. The van der Waals surface area contributed by atoms with Crippen molar-refractivity contribution in [2.75, 3.05) is 6.54 Å². The molecule has 1 aliphatic heterocycles. The molecule has 0 bridgehead atoms. The van der Waals surface area contributed by atoms with Gasteiger partial charge in [0.2, 0.25) is 0 Å². The lowest BCUT2D eigenvalue weighted by molar-refractivity contribution is 1.23. The Morgan fingerprint density at radius 1 is 0.388 bits per heavy atom. The molecule has 8 aromatic carbocycles. The first-order chi connectivity index (χ1) is 33.1. The molecule has 1 aliphatic rings. The van der Waals surface area contributed by atoms with Gasteiger partial charge in [0.05, 0.1) is 34.7 Å². The molecule has 10 aromatic rings. The predicted molar refractivity (Wildman–Crippen MR) is 281 cm³/mol. The number of benzene rings is 8. The Labute approximate surface area is 391 Å². The first-order valence-electron chi connectivity index (χ1n) is 22.6. The van der Waals surface area contributed by atoms with E-state index in [1.165, 1.54) is 5.56 Å². The van der Waals surface area contributed by atoms with Crippen LogP contribution in [0.3, 0.4) is 0 Å². The van der Waals surface area contributed by atoms with Gasteiger partial charge in [-0.15, -0.1) is 0 Å². The van der Waals surface area contributed by atoms with Gasteiger partial charge in [0.15, 0.2) is 5.82 Å². The van der Waals surface area contributed by atoms with Crippen LogP contribution in [-0.4, -0.2) is 27.2 Å². The topological polar surface area (TPSA) is 51.0 Å². The summed E-state index contributed by atoms with van der Waals surface area (Å²) in [6, 6.07) is 72.8. The average molecular weight is 857 g/mol. The zero-order valence-corrected chi connectivity index (χ0v) is 36.8. The van der Waals surface area contributed by atoms with Crippen molar-refractivity contribution in [1.29, 1.82) is 0 Å². The summed E-state index contributed by atoms with van der Waals surface area (Å²) in [4.78, 5) is 20.9. The number of nitrogens with zero attached hydrogens (tertiary/aromatic N) is 4. The van der Waals surface area contributed by atoms with Crippen molar-refractivity contribution in [3.05, 3.63) is 260 Å². The molecule has 4 nitrogen and oxygen atoms in total. The van der Waals surface area contributed by atoms with E-state index in [2.05, 4.69) is 201 Å². The molecule has 316 valence electrons. The number of aromatic nitrogens is 3. The van der Waals surface area contributed by atoms with Gasteiger partial charge in [-0.2, -0.15) is 0 Å². The molecule has 0 spiro atoms. The minimum atomic E-state index is 0.581. The van der Waals surface area contributed by atoms with E-state index in [0.717, 1.165) is 106 Å². The van der Waals surface area contributed by atoms with Gasteiger partial charge < -0.3 is 0 Å². The molecule has 0 saturated carbocycles. The second-order valence-electron chi connectivity index (χ2n) is 16.7. The van der Waals surface area contributed by atoms with E-state index in [4.69, 9.17) is 19.9 Å². The zero-order valence-electron chi connectivity index (χ0n) is 36.8. The molecule has 2 aromatic heterocycles. The Hall–Kier alpha value is -8.86. The van der Waals surface area contributed by atoms with Gasteiger partial charge in [0, 0.05) is 33.0 Å². The molecule has 0 atom stereocenters. The second kappa shape index (κ2) is 18.3. The number of rotatable bonds is 8. The lowest BCUT2D eigenvalue weighted by atomic mass is 9.91. The van der Waals surface area contributed by atoms with Crippen LogP contribution >= 0.6 is 0 Å². The highest BCUT2D eigenvalue weighted by Gasteiger charge is 2.19. The molecule has 4 heteroatoms. The van der Waals surface area contributed by atoms with E-state index in [0.29, 0.717) is 12.4 Å². The van der Waals surface area contributed by atoms with Crippen LogP contribution in [0.25, 0.3) is 100 Å². The fourth-order valence-corrected chi connectivity index (χ4v) is 8.74. The van der Waals surface area contributed by atoms with E-state index in [9.17, 15) is 0 Å². The van der Waals surface area contributed by atoms with E-state index >= 15 is 0 Å². The summed E-state index contributed by atoms with van der Waals surface area (Å²) in [6.45, 7) is 4.75. The summed E-state index contributed by atoms with van der Waals surface area (Å²) in [5, 5.41) is 2.08. The van der Waals surface area contributed by atoms with Crippen LogP contribution in [0.1, 0.15) is 5.56 Å². The standard InChI is InChI=1S/C63H44N4/c1-43-15-5-4-12-38-64-58(36-26-43)47-29-33-50(34-30-47)63-66-61(49-31-27-48(28-32-49)60-37-35-46-20-10-11-25-59(46)65-60)57-42-55(53-23-13-21-51(39-53)44-16-6-2-7-17-44)41-56(62(57)67-63)54-24-14-22-52(40-54)45-18-8-3-9-19-45/h2-37,39-42H,1,38H2/b12-4-,15-5-,36-26-,64-58+. The van der Waals surface area contributed by atoms with Crippen LogP contribution in [0, 0.1) is 0 Å². The van der Waals surface area contributed by atoms with Gasteiger partial charge in [-0.1, -0.05) is 207 Å². The number of aliphatic imine (C=N–C) groups is 1. The Kier molecular flexibility index (Phi) is 11.2. The third-order valence-electron chi connectivity index (χ3n) is 12.3. The molecule has 0 aliphatic carbocycles. The van der Waals surface area contributed by atoms with Crippen molar-refractivity contribution in [1.82, 2.24) is 15.0 Å². The van der Waals surface area contributed by atoms with Crippen molar-refractivity contribution < 1.29 is 0 Å². The highest BCUT2D eigenvalue weighted by molar-refractivity contribution is 6.09. The van der Waals surface area contributed by atoms with Crippen LogP contribution in [0.15, 0.2) is 260 Å². The maximum atomic E-state index is 5.51. The van der Waals surface area contributed by atoms with Crippen LogP contribution in [-0.2, 0) is 0 Å². The molecule has 0 saturated heterocycles. The minimum absolute atomic E-state index is 0.581. The monoisotopic (exact) mass is 856 g/mol. The Morgan fingerprint density at radius 3 is 1.75 bits per heavy atom. The van der Waals surface area contributed by atoms with Gasteiger partial charge in [-0.3, -0.25) is 4.99 Å². The maximum Gasteiger partial charge on any atom is 0.160 e. The summed E-state index contributed by atoms with van der Waals surface area (Å²) >= 11 is 0. The molecular formula is C63H44N4. The second-order valence-corrected chi connectivity index (χ2v) is 16.7. The van der Waals surface area contributed by atoms with Crippen molar-refractivity contribution >= 4 is 27.5 Å². The van der Waals surface area contributed by atoms with Gasteiger partial charge >= 0.3 is 0 Å².